The minimum absolute atomic E-state index is 0.00880. The Morgan fingerprint density at radius 2 is 1.25 bits per heavy atom. The summed E-state index contributed by atoms with van der Waals surface area (Å²) in [6.07, 6.45) is 6.25. The molecular formula is C73H112ClF3N12O13. The summed E-state index contributed by atoms with van der Waals surface area (Å²) in [7, 11) is 9.97. The van der Waals surface area contributed by atoms with Crippen LogP contribution in [-0.4, -0.2) is 265 Å². The molecule has 0 aromatic heterocycles. The van der Waals surface area contributed by atoms with Crippen molar-refractivity contribution in [3.63, 3.8) is 0 Å². The topological polar surface area (TPSA) is 279 Å². The number of aryl methyl sites for hydroxylation is 1. The molecular weight excluding hydrogens is 1350 g/mol. The molecule has 6 aliphatic rings. The first-order valence-corrected chi connectivity index (χ1v) is 37.3. The number of rotatable bonds is 11. The van der Waals surface area contributed by atoms with Gasteiger partial charge in [-0.1, -0.05) is 116 Å². The van der Waals surface area contributed by atoms with E-state index >= 15 is 28.8 Å². The van der Waals surface area contributed by atoms with Crippen LogP contribution in [0, 0.1) is 23.7 Å². The average Bonchev–Trinajstić information content (AvgIpc) is 1.39. The number of morpholine rings is 1. The molecule has 1 aromatic carbocycles. The maximum Gasteiger partial charge on any atom is 0.417 e. The lowest BCUT2D eigenvalue weighted by Crippen LogP contribution is -2.67. The quantitative estimate of drug-likeness (QED) is 0.242. The lowest BCUT2D eigenvalue weighted by atomic mass is 9.81. The van der Waals surface area contributed by atoms with Crippen molar-refractivity contribution >= 4 is 82.5 Å². The molecule has 3 saturated heterocycles. The van der Waals surface area contributed by atoms with Crippen molar-refractivity contribution in [3.8, 4) is 0 Å². The average molecular weight is 1460 g/mol. The number of halogens is 4. The van der Waals surface area contributed by atoms with Gasteiger partial charge in [0.1, 0.15) is 47.8 Å². The van der Waals surface area contributed by atoms with E-state index in [0.29, 0.717) is 58.0 Å². The molecule has 1 aromatic rings. The van der Waals surface area contributed by atoms with E-state index in [1.54, 1.807) is 11.8 Å². The Labute approximate surface area is 604 Å². The summed E-state index contributed by atoms with van der Waals surface area (Å²) in [6, 6.07) is -5.92. The molecule has 12 amide bonds. The van der Waals surface area contributed by atoms with Crippen molar-refractivity contribution in [2.24, 2.45) is 23.7 Å². The van der Waals surface area contributed by atoms with Crippen LogP contribution >= 0.6 is 11.6 Å². The van der Waals surface area contributed by atoms with Gasteiger partial charge in [-0.2, -0.15) is 13.2 Å². The summed E-state index contributed by atoms with van der Waals surface area (Å²) in [6.45, 7) is 5.77. The van der Waals surface area contributed by atoms with Crippen LogP contribution in [0.5, 0.6) is 0 Å². The number of benzene rings is 1. The van der Waals surface area contributed by atoms with Crippen LogP contribution in [0.4, 0.5) is 13.2 Å². The van der Waals surface area contributed by atoms with E-state index in [1.165, 1.54) is 79.9 Å². The second-order valence-corrected chi connectivity index (χ2v) is 30.5. The highest BCUT2D eigenvalue weighted by molar-refractivity contribution is 6.31. The molecule has 1 spiro atoms. The van der Waals surface area contributed by atoms with Crippen molar-refractivity contribution in [2.45, 2.75) is 229 Å². The molecule has 570 valence electrons. The van der Waals surface area contributed by atoms with Gasteiger partial charge in [0.05, 0.1) is 49.9 Å². The zero-order valence-corrected chi connectivity index (χ0v) is 62.6. The molecule has 25 nitrogen and oxygen atoms in total. The summed E-state index contributed by atoms with van der Waals surface area (Å²) in [5.41, 5.74) is -2.43. The summed E-state index contributed by atoms with van der Waals surface area (Å²) in [5, 5.41) is 8.11. The minimum Gasteiger partial charge on any atom is -0.377 e. The van der Waals surface area contributed by atoms with E-state index in [2.05, 4.69) is 16.0 Å². The predicted octanol–water partition coefficient (Wildman–Crippen LogP) is 5.66. The van der Waals surface area contributed by atoms with Gasteiger partial charge >= 0.3 is 6.18 Å². The molecule has 6 fully saturated rings. The molecule has 8 atom stereocenters. The van der Waals surface area contributed by atoms with E-state index in [4.69, 9.17) is 16.3 Å². The molecule has 0 unspecified atom stereocenters. The molecule has 7 rings (SSSR count). The summed E-state index contributed by atoms with van der Waals surface area (Å²) >= 11 is 6.17. The van der Waals surface area contributed by atoms with E-state index in [9.17, 15) is 41.9 Å². The number of likely N-dealkylation sites (N-methyl/N-ethyl adjacent to an activating group) is 7. The lowest BCUT2D eigenvalue weighted by molar-refractivity contribution is -0.158. The summed E-state index contributed by atoms with van der Waals surface area (Å²) in [5.74, 6) is -9.06. The fourth-order valence-corrected chi connectivity index (χ4v) is 15.9. The van der Waals surface area contributed by atoms with Crippen LogP contribution in [0.3, 0.4) is 0 Å². The largest absolute Gasteiger partial charge is 0.417 e. The Bertz CT molecular complexity index is 3160. The Morgan fingerprint density at radius 3 is 1.85 bits per heavy atom. The number of carbonyl (C=O) groups excluding carboxylic acids is 12. The lowest BCUT2D eigenvalue weighted by Gasteiger charge is -2.44. The summed E-state index contributed by atoms with van der Waals surface area (Å²) in [4.78, 5) is 191. The first-order valence-electron chi connectivity index (χ1n) is 36.9. The fourth-order valence-electron chi connectivity index (χ4n) is 15.6. The molecule has 0 radical (unpaired) electrons. The van der Waals surface area contributed by atoms with Gasteiger partial charge < -0.3 is 64.8 Å². The van der Waals surface area contributed by atoms with Gasteiger partial charge in [-0.05, 0) is 112 Å². The van der Waals surface area contributed by atoms with E-state index in [-0.39, 0.29) is 75.7 Å². The molecule has 0 bridgehead atoms. The zero-order valence-electron chi connectivity index (χ0n) is 61.8. The minimum atomic E-state index is -4.77. The third-order valence-corrected chi connectivity index (χ3v) is 22.5. The molecule has 3 heterocycles. The number of fused-ring (bicyclic) bond motifs is 1. The van der Waals surface area contributed by atoms with Crippen LogP contribution in [0.1, 0.15) is 180 Å². The molecule has 3 aliphatic heterocycles. The first kappa shape index (κ1) is 82.2. The number of alkyl halides is 3. The molecule has 102 heavy (non-hydrogen) atoms. The number of nitrogens with one attached hydrogen (secondary N) is 3. The third kappa shape index (κ3) is 20.9. The SMILES string of the molecule is CC[C@H](C)[C@@H]1NC(=O)[C@H](CC(C)C)N(C)C(=O)C[C@@H](C(=O)N2CCCCC2)N(C)C(=O)[C@H](C2CCCCC2)N(C)C(=O)C2(CCCC2)NC(=O)[C@@H]2COCCN2C(=O)[C@H](CCc2ccc(C(F)(F)F)c(Cl)c2)NC(=O)CN(C)C(=O)[C@H](CC2CCCCC2)N(C)C(=O)CN(C)C(=O)CN(C)C1=O. The molecule has 3 saturated carbocycles. The molecule has 3 aliphatic carbocycles. The van der Waals surface area contributed by atoms with Gasteiger partial charge in [0.15, 0.2) is 0 Å². The van der Waals surface area contributed by atoms with E-state index < -0.39 is 173 Å². The maximum absolute atomic E-state index is 15.8. The second kappa shape index (κ2) is 37.0. The zero-order chi connectivity index (χ0) is 75.1. The van der Waals surface area contributed by atoms with Gasteiger partial charge in [0.25, 0.3) is 0 Å². The molecule has 3 N–H and O–H groups in total. The van der Waals surface area contributed by atoms with Crippen LogP contribution in [0.15, 0.2) is 18.2 Å². The highest BCUT2D eigenvalue weighted by Gasteiger charge is 2.51. The number of piperidine rings is 1. The smallest absolute Gasteiger partial charge is 0.377 e. The first-order chi connectivity index (χ1) is 48.2. The monoisotopic (exact) mass is 1460 g/mol. The fraction of sp³-hybridized carbons (Fsp3) is 0.753. The van der Waals surface area contributed by atoms with Crippen LogP contribution in [0.2, 0.25) is 5.02 Å². The standard InChI is InChI=1S/C73H112ClF3N12O13/c1-12-47(4)62-69(99)83(7)43-60(92)81(5)44-61(93)85(9)55(40-48-24-16-13-17-25-48)67(97)82(6)42-58(90)78-53(31-29-49-28-30-51(52(74)39-49)73(75,76)77)66(96)89-36-37-102-45-57(89)65(95)80-72(32-20-21-33-72)71(101)87(11)63(50-26-18-14-19-27-50)70(100)86(10)56(68(98)88-34-22-15-23-35-88)41-59(91)84(8)54(38-46(2)3)64(94)79-62/h28,30,39,46-48,50,53-57,62-63H,12-27,29,31-38,40-45H2,1-11H3,(H,78,90)(H,79,94)(H,80,95)/t47-,53-,54-,55-,56-,57-,62-,63-/m0/s1. The molecule has 29 heteroatoms. The van der Waals surface area contributed by atoms with Crippen molar-refractivity contribution in [1.29, 1.82) is 0 Å². The number of amides is 12. The third-order valence-electron chi connectivity index (χ3n) is 22.2. The van der Waals surface area contributed by atoms with E-state index in [1.807, 2.05) is 20.8 Å². The van der Waals surface area contributed by atoms with Gasteiger partial charge in [-0.25, -0.2) is 0 Å². The van der Waals surface area contributed by atoms with Gasteiger partial charge in [-0.15, -0.1) is 0 Å². The van der Waals surface area contributed by atoms with Gasteiger partial charge in [0, 0.05) is 69.0 Å². The van der Waals surface area contributed by atoms with Crippen LogP contribution in [0.25, 0.3) is 0 Å². The number of ether oxygens (including phenoxy) is 1. The van der Waals surface area contributed by atoms with Crippen LogP contribution < -0.4 is 16.0 Å². The van der Waals surface area contributed by atoms with Crippen LogP contribution in [-0.2, 0) is 74.9 Å². The maximum atomic E-state index is 15.8. The van der Waals surface area contributed by atoms with Gasteiger partial charge in [0.2, 0.25) is 70.9 Å². The Balaban J connectivity index is 1.30. The van der Waals surface area contributed by atoms with Crippen molar-refractivity contribution in [1.82, 2.24) is 60.0 Å². The van der Waals surface area contributed by atoms with Crippen molar-refractivity contribution in [2.75, 3.05) is 102 Å². The highest BCUT2D eigenvalue weighted by Crippen LogP contribution is 2.38. The van der Waals surface area contributed by atoms with Crippen molar-refractivity contribution < 1.29 is 75.4 Å². The Morgan fingerprint density at radius 1 is 0.647 bits per heavy atom. The van der Waals surface area contributed by atoms with Gasteiger partial charge in [-0.3, -0.25) is 57.5 Å². The number of carbonyl (C=O) groups is 12. The number of hydrogen-bond donors (Lipinski definition) is 3. The van der Waals surface area contributed by atoms with Crippen molar-refractivity contribution in [3.05, 3.63) is 34.3 Å². The second-order valence-electron chi connectivity index (χ2n) is 30.1. The number of hydrogen-bond acceptors (Lipinski definition) is 13. The highest BCUT2D eigenvalue weighted by atomic mass is 35.5. The van der Waals surface area contributed by atoms with E-state index in [0.717, 1.165) is 84.6 Å². The predicted molar refractivity (Wildman–Crippen MR) is 375 cm³/mol. The Hall–Kier alpha value is -7.10. The number of nitrogens with zero attached hydrogens (tertiary/aromatic N) is 9. The number of likely N-dealkylation sites (tertiary alicyclic amines) is 1. The summed E-state index contributed by atoms with van der Waals surface area (Å²) < 4.78 is 47.6. The normalized spacial score (nSPS) is 26.8. The Kier molecular flexibility index (Phi) is 29.9.